The van der Waals surface area contributed by atoms with Crippen molar-refractivity contribution in [3.63, 3.8) is 0 Å². The average Bonchev–Trinajstić information content (AvgIpc) is 2.78. The van der Waals surface area contributed by atoms with Gasteiger partial charge in [-0.25, -0.2) is 0 Å². The summed E-state index contributed by atoms with van der Waals surface area (Å²) in [5, 5.41) is 12.8. The fourth-order valence-electron chi connectivity index (χ4n) is 1.77. The van der Waals surface area contributed by atoms with Crippen molar-refractivity contribution in [2.24, 2.45) is 5.92 Å². The van der Waals surface area contributed by atoms with E-state index < -0.39 is 0 Å². The Morgan fingerprint density at radius 2 is 2.41 bits per heavy atom. The summed E-state index contributed by atoms with van der Waals surface area (Å²) in [6.45, 7) is 2.01. The van der Waals surface area contributed by atoms with E-state index >= 15 is 0 Å². The fourth-order valence-corrected chi connectivity index (χ4v) is 1.94. The predicted molar refractivity (Wildman–Crippen MR) is 64.4 cm³/mol. The van der Waals surface area contributed by atoms with Gasteiger partial charge in [0, 0.05) is 24.1 Å². The fraction of sp³-hybridized carbons (Fsp3) is 0.417. The smallest absolute Gasteiger partial charge is 0.255 e. The Morgan fingerprint density at radius 1 is 1.59 bits per heavy atom. The third-order valence-corrected chi connectivity index (χ3v) is 3.01. The Balaban J connectivity index is 1.94. The van der Waals surface area contributed by atoms with Gasteiger partial charge in [-0.15, -0.1) is 0 Å². The molecule has 92 valence electrons. The number of carbonyl (C=O) groups excluding carboxylic acids is 1. The molecule has 4 nitrogen and oxygen atoms in total. The first kappa shape index (κ1) is 12.2. The van der Waals surface area contributed by atoms with Crippen LogP contribution in [0.4, 0.5) is 0 Å². The van der Waals surface area contributed by atoms with Crippen LogP contribution >= 0.6 is 11.6 Å². The van der Waals surface area contributed by atoms with E-state index in [0.29, 0.717) is 24.1 Å². The topological polar surface area (TPSA) is 58.6 Å². The van der Waals surface area contributed by atoms with E-state index in [1.165, 1.54) is 12.1 Å². The van der Waals surface area contributed by atoms with Gasteiger partial charge < -0.3 is 15.2 Å². The van der Waals surface area contributed by atoms with E-state index in [4.69, 9.17) is 16.3 Å². The van der Waals surface area contributed by atoms with Gasteiger partial charge in [0.15, 0.2) is 0 Å². The van der Waals surface area contributed by atoms with Crippen LogP contribution in [-0.4, -0.2) is 30.8 Å². The Bertz CT molecular complexity index is 416. The largest absolute Gasteiger partial charge is 0.507 e. The molecule has 0 unspecified atom stereocenters. The van der Waals surface area contributed by atoms with Crippen molar-refractivity contribution in [3.8, 4) is 5.75 Å². The third kappa shape index (κ3) is 3.11. The van der Waals surface area contributed by atoms with Gasteiger partial charge >= 0.3 is 0 Å². The van der Waals surface area contributed by atoms with Crippen molar-refractivity contribution in [1.82, 2.24) is 5.32 Å². The lowest BCUT2D eigenvalue weighted by Gasteiger charge is -2.10. The molecule has 1 atom stereocenters. The summed E-state index contributed by atoms with van der Waals surface area (Å²) in [6.07, 6.45) is 0.965. The minimum atomic E-state index is -0.286. The second kappa shape index (κ2) is 5.38. The highest BCUT2D eigenvalue weighted by Gasteiger charge is 2.17. The molecule has 0 aromatic heterocycles. The number of benzene rings is 1. The Kier molecular flexibility index (Phi) is 3.86. The first-order chi connectivity index (χ1) is 8.16. The first-order valence-electron chi connectivity index (χ1n) is 5.51. The van der Waals surface area contributed by atoms with E-state index in [1.807, 2.05) is 0 Å². The van der Waals surface area contributed by atoms with E-state index in [2.05, 4.69) is 5.32 Å². The molecule has 1 aliphatic rings. The van der Waals surface area contributed by atoms with Gasteiger partial charge in [-0.05, 0) is 24.6 Å². The SMILES string of the molecule is O=C(NC[C@H]1CCOC1)c1ccc(Cl)cc1O. The number of amides is 1. The van der Waals surface area contributed by atoms with E-state index in [-0.39, 0.29) is 17.2 Å². The van der Waals surface area contributed by atoms with Crippen LogP contribution in [-0.2, 0) is 4.74 Å². The van der Waals surface area contributed by atoms with E-state index in [9.17, 15) is 9.90 Å². The third-order valence-electron chi connectivity index (χ3n) is 2.78. The summed E-state index contributed by atoms with van der Waals surface area (Å²) in [4.78, 5) is 11.8. The van der Waals surface area contributed by atoms with Gasteiger partial charge in [-0.3, -0.25) is 4.79 Å². The number of nitrogens with one attached hydrogen (secondary N) is 1. The second-order valence-electron chi connectivity index (χ2n) is 4.10. The number of hydrogen-bond donors (Lipinski definition) is 2. The number of rotatable bonds is 3. The molecule has 1 heterocycles. The molecule has 2 N–H and O–H groups in total. The molecule has 0 bridgehead atoms. The minimum absolute atomic E-state index is 0.0994. The molecule has 0 spiro atoms. The van der Waals surface area contributed by atoms with E-state index in [0.717, 1.165) is 13.0 Å². The monoisotopic (exact) mass is 255 g/mol. The maximum atomic E-state index is 11.8. The van der Waals surface area contributed by atoms with Crippen LogP contribution in [0.1, 0.15) is 16.8 Å². The van der Waals surface area contributed by atoms with Crippen LogP contribution in [0.3, 0.4) is 0 Å². The number of aromatic hydroxyl groups is 1. The average molecular weight is 256 g/mol. The molecule has 5 heteroatoms. The lowest BCUT2D eigenvalue weighted by molar-refractivity contribution is 0.0942. The van der Waals surface area contributed by atoms with Crippen molar-refractivity contribution in [2.45, 2.75) is 6.42 Å². The van der Waals surface area contributed by atoms with Gasteiger partial charge in [-0.1, -0.05) is 11.6 Å². The molecular weight excluding hydrogens is 242 g/mol. The molecule has 1 saturated heterocycles. The van der Waals surface area contributed by atoms with E-state index in [1.54, 1.807) is 6.07 Å². The maximum Gasteiger partial charge on any atom is 0.255 e. The van der Waals surface area contributed by atoms with Crippen molar-refractivity contribution in [3.05, 3.63) is 28.8 Å². The van der Waals surface area contributed by atoms with Gasteiger partial charge in [0.1, 0.15) is 5.75 Å². The number of phenols is 1. The minimum Gasteiger partial charge on any atom is -0.507 e. The molecule has 2 rings (SSSR count). The zero-order chi connectivity index (χ0) is 12.3. The van der Waals surface area contributed by atoms with Gasteiger partial charge in [0.25, 0.3) is 5.91 Å². The van der Waals surface area contributed by atoms with Crippen LogP contribution in [0.2, 0.25) is 5.02 Å². The second-order valence-corrected chi connectivity index (χ2v) is 4.54. The lowest BCUT2D eigenvalue weighted by Crippen LogP contribution is -2.29. The molecule has 0 radical (unpaired) electrons. The zero-order valence-corrected chi connectivity index (χ0v) is 10.0. The molecule has 1 aromatic carbocycles. The van der Waals surface area contributed by atoms with Crippen molar-refractivity contribution >= 4 is 17.5 Å². The highest BCUT2D eigenvalue weighted by Crippen LogP contribution is 2.21. The number of hydrogen-bond acceptors (Lipinski definition) is 3. The van der Waals surface area contributed by atoms with Crippen molar-refractivity contribution < 1.29 is 14.6 Å². The Labute approximate surface area is 105 Å². The van der Waals surface area contributed by atoms with Crippen LogP contribution < -0.4 is 5.32 Å². The predicted octanol–water partition coefficient (Wildman–Crippen LogP) is 1.81. The molecule has 1 fully saturated rings. The summed E-state index contributed by atoms with van der Waals surface area (Å²) < 4.78 is 5.22. The first-order valence-corrected chi connectivity index (χ1v) is 5.89. The van der Waals surface area contributed by atoms with Gasteiger partial charge in [-0.2, -0.15) is 0 Å². The number of carbonyl (C=O) groups is 1. The quantitative estimate of drug-likeness (QED) is 0.866. The number of ether oxygens (including phenoxy) is 1. The molecule has 0 aliphatic carbocycles. The van der Waals surface area contributed by atoms with Crippen LogP contribution in [0.5, 0.6) is 5.75 Å². The maximum absolute atomic E-state index is 11.8. The van der Waals surface area contributed by atoms with Crippen LogP contribution in [0, 0.1) is 5.92 Å². The zero-order valence-electron chi connectivity index (χ0n) is 9.28. The van der Waals surface area contributed by atoms with Gasteiger partial charge in [0.05, 0.1) is 12.2 Å². The van der Waals surface area contributed by atoms with Crippen molar-refractivity contribution in [2.75, 3.05) is 19.8 Å². The summed E-state index contributed by atoms with van der Waals surface area (Å²) >= 11 is 5.69. The standard InChI is InChI=1S/C12H14ClNO3/c13-9-1-2-10(11(15)5-9)12(16)14-6-8-3-4-17-7-8/h1-2,5,8,15H,3-4,6-7H2,(H,14,16)/t8-/m1/s1. The Hall–Kier alpha value is -1.26. The summed E-state index contributed by atoms with van der Waals surface area (Å²) in [5.74, 6) is -0.0165. The molecule has 1 amide bonds. The molecule has 1 aromatic rings. The van der Waals surface area contributed by atoms with Crippen LogP contribution in [0.15, 0.2) is 18.2 Å². The number of halogens is 1. The molecule has 17 heavy (non-hydrogen) atoms. The Morgan fingerprint density at radius 3 is 3.06 bits per heavy atom. The summed E-state index contributed by atoms with van der Waals surface area (Å²) in [6, 6.07) is 4.45. The highest BCUT2D eigenvalue weighted by molar-refractivity contribution is 6.30. The summed E-state index contributed by atoms with van der Waals surface area (Å²) in [7, 11) is 0. The normalized spacial score (nSPS) is 19.2. The molecular formula is C12H14ClNO3. The van der Waals surface area contributed by atoms with Gasteiger partial charge in [0.2, 0.25) is 0 Å². The number of phenolic OH excluding ortho intramolecular Hbond substituents is 1. The summed E-state index contributed by atoms with van der Waals surface area (Å²) in [5.41, 5.74) is 0.244. The highest BCUT2D eigenvalue weighted by atomic mass is 35.5. The van der Waals surface area contributed by atoms with Crippen molar-refractivity contribution in [1.29, 1.82) is 0 Å². The lowest BCUT2D eigenvalue weighted by atomic mass is 10.1. The molecule has 0 saturated carbocycles. The molecule has 1 aliphatic heterocycles. The van der Waals surface area contributed by atoms with Crippen LogP contribution in [0.25, 0.3) is 0 Å².